The molecule has 0 amide bonds. The number of guanidine groups is 1. The lowest BCUT2D eigenvalue weighted by Crippen LogP contribution is -2.52. The van der Waals surface area contributed by atoms with Crippen LogP contribution in [0.5, 0.6) is 0 Å². The van der Waals surface area contributed by atoms with Gasteiger partial charge in [0.05, 0.1) is 37.0 Å². The van der Waals surface area contributed by atoms with Crippen LogP contribution in [-0.4, -0.2) is 67.5 Å². The lowest BCUT2D eigenvalue weighted by atomic mass is 10.1. The molecule has 1 heterocycles. The van der Waals surface area contributed by atoms with E-state index in [1.54, 1.807) is 12.1 Å². The molecular weight excluding hydrogens is 457 g/mol. The van der Waals surface area contributed by atoms with Crippen LogP contribution in [0, 0.1) is 11.3 Å². The fourth-order valence-corrected chi connectivity index (χ4v) is 2.77. The van der Waals surface area contributed by atoms with Crippen molar-refractivity contribution < 1.29 is 9.84 Å². The van der Waals surface area contributed by atoms with Crippen molar-refractivity contribution >= 4 is 29.9 Å². The van der Waals surface area contributed by atoms with E-state index in [-0.39, 0.29) is 24.0 Å². The smallest absolute Gasteiger partial charge is 0.191 e. The number of morpholine rings is 1. The summed E-state index contributed by atoms with van der Waals surface area (Å²) in [5.41, 5.74) is 0.810. The maximum atomic E-state index is 10.7. The van der Waals surface area contributed by atoms with Gasteiger partial charge in [-0.25, -0.2) is 4.99 Å². The zero-order valence-corrected chi connectivity index (χ0v) is 18.4. The largest absolute Gasteiger partial charge is 0.387 e. The van der Waals surface area contributed by atoms with E-state index in [9.17, 15) is 5.11 Å². The number of hydrogen-bond donors (Lipinski definition) is 3. The number of nitrogens with one attached hydrogen (secondary N) is 2. The SMILES string of the molecule is CCNC(=NCc1ccc(C#N)cc1)NCC(C)(O)CN1CCOCC1.I. The van der Waals surface area contributed by atoms with Gasteiger partial charge in [-0.1, -0.05) is 12.1 Å². The van der Waals surface area contributed by atoms with Gasteiger partial charge in [0.1, 0.15) is 0 Å². The van der Waals surface area contributed by atoms with E-state index in [1.165, 1.54) is 0 Å². The Morgan fingerprint density at radius 1 is 1.30 bits per heavy atom. The van der Waals surface area contributed by atoms with E-state index in [2.05, 4.69) is 26.6 Å². The predicted octanol–water partition coefficient (Wildman–Crippen LogP) is 1.31. The fourth-order valence-electron chi connectivity index (χ4n) is 2.77. The third-order valence-corrected chi connectivity index (χ3v) is 4.15. The summed E-state index contributed by atoms with van der Waals surface area (Å²) < 4.78 is 5.35. The minimum absolute atomic E-state index is 0. The molecule has 0 aromatic heterocycles. The lowest BCUT2D eigenvalue weighted by molar-refractivity contribution is -0.0201. The second-order valence-electron chi connectivity index (χ2n) is 6.74. The van der Waals surface area contributed by atoms with Gasteiger partial charge in [0.25, 0.3) is 0 Å². The average molecular weight is 487 g/mol. The molecule has 1 fully saturated rings. The Hall–Kier alpha value is -1.41. The van der Waals surface area contributed by atoms with E-state index in [1.807, 2.05) is 26.0 Å². The first-order chi connectivity index (χ1) is 12.5. The molecule has 1 aromatic rings. The number of rotatable bonds is 7. The number of benzene rings is 1. The maximum Gasteiger partial charge on any atom is 0.191 e. The topological polar surface area (TPSA) is 92.9 Å². The molecule has 0 bridgehead atoms. The highest BCUT2D eigenvalue weighted by molar-refractivity contribution is 14.0. The number of hydrogen-bond acceptors (Lipinski definition) is 5. The standard InChI is InChI=1S/C19H29N5O2.HI/c1-3-21-18(22-13-17-6-4-16(12-20)5-7-17)23-14-19(2,25)15-24-8-10-26-11-9-24;/h4-7,25H,3,8-11,13-15H2,1-2H3,(H2,21,22,23);1H. The summed E-state index contributed by atoms with van der Waals surface area (Å²) in [6, 6.07) is 9.50. The Balaban J connectivity index is 0.00000364. The van der Waals surface area contributed by atoms with Gasteiger partial charge in [-0.15, -0.1) is 24.0 Å². The Labute approximate surface area is 178 Å². The quantitative estimate of drug-likeness (QED) is 0.305. The Morgan fingerprint density at radius 2 is 1.96 bits per heavy atom. The van der Waals surface area contributed by atoms with Gasteiger partial charge >= 0.3 is 0 Å². The molecule has 1 saturated heterocycles. The lowest BCUT2D eigenvalue weighted by Gasteiger charge is -2.34. The van der Waals surface area contributed by atoms with Crippen LogP contribution in [0.15, 0.2) is 29.3 Å². The van der Waals surface area contributed by atoms with Crippen molar-refractivity contribution in [3.05, 3.63) is 35.4 Å². The second kappa shape index (κ2) is 12.1. The van der Waals surface area contributed by atoms with Gasteiger partial charge in [-0.05, 0) is 31.5 Å². The molecule has 8 heteroatoms. The van der Waals surface area contributed by atoms with Crippen molar-refractivity contribution in [2.75, 3.05) is 45.9 Å². The van der Waals surface area contributed by atoms with Crippen molar-refractivity contribution in [3.63, 3.8) is 0 Å². The molecule has 0 radical (unpaired) electrons. The predicted molar refractivity (Wildman–Crippen MR) is 117 cm³/mol. The highest BCUT2D eigenvalue weighted by Gasteiger charge is 2.25. The minimum atomic E-state index is -0.859. The van der Waals surface area contributed by atoms with Crippen molar-refractivity contribution in [2.45, 2.75) is 26.0 Å². The number of nitrogens with zero attached hydrogens (tertiary/aromatic N) is 3. The molecule has 1 aliphatic rings. The molecule has 1 aromatic carbocycles. The number of aliphatic imine (C=N–C) groups is 1. The molecule has 1 atom stereocenters. The normalized spacial score (nSPS) is 17.3. The van der Waals surface area contributed by atoms with E-state index >= 15 is 0 Å². The van der Waals surface area contributed by atoms with Crippen molar-refractivity contribution in [1.29, 1.82) is 5.26 Å². The first-order valence-electron chi connectivity index (χ1n) is 9.06. The number of ether oxygens (including phenoxy) is 1. The molecule has 0 spiro atoms. The van der Waals surface area contributed by atoms with Crippen LogP contribution in [0.2, 0.25) is 0 Å². The van der Waals surface area contributed by atoms with Gasteiger partial charge in [-0.3, -0.25) is 4.90 Å². The van der Waals surface area contributed by atoms with Crippen molar-refractivity contribution in [1.82, 2.24) is 15.5 Å². The third kappa shape index (κ3) is 8.88. The van der Waals surface area contributed by atoms with E-state index < -0.39 is 5.60 Å². The van der Waals surface area contributed by atoms with Gasteiger partial charge in [0, 0.05) is 32.7 Å². The average Bonchev–Trinajstić information content (AvgIpc) is 2.65. The number of nitriles is 1. The molecule has 7 nitrogen and oxygen atoms in total. The van der Waals surface area contributed by atoms with E-state index in [0.29, 0.717) is 31.2 Å². The van der Waals surface area contributed by atoms with Crippen LogP contribution >= 0.6 is 24.0 Å². The Morgan fingerprint density at radius 3 is 2.56 bits per heavy atom. The van der Waals surface area contributed by atoms with Crippen LogP contribution in [0.25, 0.3) is 0 Å². The van der Waals surface area contributed by atoms with Crippen LogP contribution in [0.3, 0.4) is 0 Å². The second-order valence-corrected chi connectivity index (χ2v) is 6.74. The van der Waals surface area contributed by atoms with Crippen LogP contribution in [0.1, 0.15) is 25.0 Å². The summed E-state index contributed by atoms with van der Waals surface area (Å²) in [5, 5.41) is 25.9. The minimum Gasteiger partial charge on any atom is -0.387 e. The summed E-state index contributed by atoms with van der Waals surface area (Å²) in [6.45, 7) is 9.23. The molecule has 3 N–H and O–H groups in total. The fraction of sp³-hybridized carbons (Fsp3) is 0.579. The highest BCUT2D eigenvalue weighted by Crippen LogP contribution is 2.08. The summed E-state index contributed by atoms with van der Waals surface area (Å²) in [7, 11) is 0. The molecular formula is C19H30IN5O2. The molecule has 1 aliphatic heterocycles. The number of β-amino-alcohol motifs (C(OH)–C–C–N with tert-alkyl or cyclic N) is 1. The zero-order chi connectivity index (χ0) is 18.8. The van der Waals surface area contributed by atoms with Crippen LogP contribution in [0.4, 0.5) is 0 Å². The zero-order valence-electron chi connectivity index (χ0n) is 16.1. The molecule has 150 valence electrons. The summed E-state index contributed by atoms with van der Waals surface area (Å²) in [5.74, 6) is 0.666. The van der Waals surface area contributed by atoms with E-state index in [4.69, 9.17) is 10.00 Å². The number of aliphatic hydroxyl groups is 1. The Bertz CT molecular complexity index is 622. The molecule has 2 rings (SSSR count). The molecule has 1 unspecified atom stereocenters. The molecule has 27 heavy (non-hydrogen) atoms. The first-order valence-corrected chi connectivity index (χ1v) is 9.06. The maximum absolute atomic E-state index is 10.7. The monoisotopic (exact) mass is 487 g/mol. The molecule has 0 aliphatic carbocycles. The van der Waals surface area contributed by atoms with Gasteiger partial charge in [0.2, 0.25) is 0 Å². The van der Waals surface area contributed by atoms with Gasteiger partial charge in [0.15, 0.2) is 5.96 Å². The Kier molecular flexibility index (Phi) is 10.6. The highest BCUT2D eigenvalue weighted by atomic mass is 127. The van der Waals surface area contributed by atoms with E-state index in [0.717, 1.165) is 38.4 Å². The third-order valence-electron chi connectivity index (χ3n) is 4.15. The number of halogens is 1. The summed E-state index contributed by atoms with van der Waals surface area (Å²) in [6.07, 6.45) is 0. The molecule has 0 saturated carbocycles. The summed E-state index contributed by atoms with van der Waals surface area (Å²) >= 11 is 0. The van der Waals surface area contributed by atoms with Crippen LogP contribution in [-0.2, 0) is 11.3 Å². The van der Waals surface area contributed by atoms with Crippen molar-refractivity contribution in [3.8, 4) is 6.07 Å². The van der Waals surface area contributed by atoms with Gasteiger partial charge < -0.3 is 20.5 Å². The van der Waals surface area contributed by atoms with Crippen LogP contribution < -0.4 is 10.6 Å². The van der Waals surface area contributed by atoms with Gasteiger partial charge in [-0.2, -0.15) is 5.26 Å². The first kappa shape index (κ1) is 23.6. The van der Waals surface area contributed by atoms with Crippen molar-refractivity contribution in [2.24, 2.45) is 4.99 Å². The summed E-state index contributed by atoms with van der Waals surface area (Å²) in [4.78, 5) is 6.77.